The number of aromatic nitrogens is 2. The third-order valence-corrected chi connectivity index (χ3v) is 5.79. The number of carbonyl (C=O) groups excluding carboxylic acids is 1. The Bertz CT molecular complexity index is 1490. The van der Waals surface area contributed by atoms with E-state index in [2.05, 4.69) is 19.8 Å². The second-order valence-corrected chi connectivity index (χ2v) is 8.11. The van der Waals surface area contributed by atoms with Gasteiger partial charge in [0.1, 0.15) is 5.82 Å². The predicted octanol–water partition coefficient (Wildman–Crippen LogP) is 4.58. The van der Waals surface area contributed by atoms with Gasteiger partial charge >= 0.3 is 6.29 Å². The SMILES string of the molecule is O=C(CSc1nc2ccccc2c(=O)n1-c1ccccc1F)Nc1ccc2c(c1)OC(F)(F)O2. The quantitative estimate of drug-likeness (QED) is 0.329. The summed E-state index contributed by atoms with van der Waals surface area (Å²) in [5.74, 6) is -1.67. The van der Waals surface area contributed by atoms with Crippen LogP contribution in [0.1, 0.15) is 0 Å². The van der Waals surface area contributed by atoms with E-state index in [-0.39, 0.29) is 33.8 Å². The molecule has 7 nitrogen and oxygen atoms in total. The van der Waals surface area contributed by atoms with Crippen molar-refractivity contribution in [3.05, 3.63) is 82.9 Å². The first-order valence-electron chi connectivity index (χ1n) is 9.90. The van der Waals surface area contributed by atoms with Gasteiger partial charge in [-0.05, 0) is 36.4 Å². The standard InChI is InChI=1S/C23H14F3N3O4S/c24-15-6-2-4-8-17(15)29-21(31)14-5-1-3-7-16(14)28-22(29)34-12-20(30)27-13-9-10-18-19(11-13)33-23(25,26)32-18/h1-11H,12H2,(H,27,30). The normalized spacial score (nSPS) is 13.7. The summed E-state index contributed by atoms with van der Waals surface area (Å²) in [6.45, 7) is 0. The van der Waals surface area contributed by atoms with Crippen LogP contribution in [0.25, 0.3) is 16.6 Å². The Balaban J connectivity index is 1.41. The number of hydrogen-bond acceptors (Lipinski definition) is 6. The number of alkyl halides is 2. The Hall–Kier alpha value is -3.99. The summed E-state index contributed by atoms with van der Waals surface area (Å²) < 4.78 is 50.8. The van der Waals surface area contributed by atoms with Crippen molar-refractivity contribution in [1.29, 1.82) is 0 Å². The Labute approximate surface area is 194 Å². The molecule has 0 aliphatic carbocycles. The van der Waals surface area contributed by atoms with Crippen LogP contribution in [-0.2, 0) is 4.79 Å². The van der Waals surface area contributed by atoms with Gasteiger partial charge in [0.2, 0.25) is 5.91 Å². The molecule has 0 unspecified atom stereocenters. The fraction of sp³-hybridized carbons (Fsp3) is 0.0870. The lowest BCUT2D eigenvalue weighted by Gasteiger charge is -2.14. The molecule has 2 heterocycles. The number of hydrogen-bond donors (Lipinski definition) is 1. The van der Waals surface area contributed by atoms with Gasteiger partial charge in [-0.1, -0.05) is 36.0 Å². The lowest BCUT2D eigenvalue weighted by molar-refractivity contribution is -0.286. The zero-order chi connectivity index (χ0) is 23.9. The van der Waals surface area contributed by atoms with Crippen molar-refractivity contribution in [3.8, 4) is 17.2 Å². The van der Waals surface area contributed by atoms with Crippen LogP contribution in [0.3, 0.4) is 0 Å². The molecule has 1 aliphatic rings. The maximum absolute atomic E-state index is 14.5. The fourth-order valence-corrected chi connectivity index (χ4v) is 4.21. The number of ether oxygens (including phenoxy) is 2. The number of nitrogens with zero attached hydrogens (tertiary/aromatic N) is 2. The van der Waals surface area contributed by atoms with Crippen LogP contribution in [0.2, 0.25) is 0 Å². The molecule has 3 aromatic carbocycles. The average molecular weight is 485 g/mol. The molecule has 11 heteroatoms. The van der Waals surface area contributed by atoms with Crippen LogP contribution in [0.15, 0.2) is 76.7 Å². The number of thioether (sulfide) groups is 1. The van der Waals surface area contributed by atoms with E-state index in [0.717, 1.165) is 16.3 Å². The number of nitrogens with one attached hydrogen (secondary N) is 1. The number of anilines is 1. The zero-order valence-corrected chi connectivity index (χ0v) is 17.9. The minimum Gasteiger partial charge on any atom is -0.395 e. The summed E-state index contributed by atoms with van der Waals surface area (Å²) in [5.41, 5.74) is 0.143. The molecular formula is C23H14F3N3O4S. The molecule has 1 aliphatic heterocycles. The first-order chi connectivity index (χ1) is 16.3. The van der Waals surface area contributed by atoms with E-state index in [1.54, 1.807) is 30.3 Å². The van der Waals surface area contributed by atoms with Gasteiger partial charge in [0.25, 0.3) is 5.56 Å². The molecular weight excluding hydrogens is 471 g/mol. The second-order valence-electron chi connectivity index (χ2n) is 7.17. The van der Waals surface area contributed by atoms with Crippen LogP contribution in [0.4, 0.5) is 18.9 Å². The number of amides is 1. The molecule has 34 heavy (non-hydrogen) atoms. The molecule has 0 spiro atoms. The minimum atomic E-state index is -3.76. The topological polar surface area (TPSA) is 82.5 Å². The summed E-state index contributed by atoms with van der Waals surface area (Å²) in [4.78, 5) is 30.1. The molecule has 5 rings (SSSR count). The lowest BCUT2D eigenvalue weighted by atomic mass is 10.2. The maximum Gasteiger partial charge on any atom is 0.586 e. The van der Waals surface area contributed by atoms with Crippen LogP contribution in [0.5, 0.6) is 11.5 Å². The number of carbonyl (C=O) groups is 1. The molecule has 0 fully saturated rings. The highest BCUT2D eigenvalue weighted by molar-refractivity contribution is 7.99. The molecule has 1 N–H and O–H groups in total. The average Bonchev–Trinajstić information content (AvgIpc) is 3.12. The van der Waals surface area contributed by atoms with Crippen LogP contribution in [-0.4, -0.2) is 27.5 Å². The number of fused-ring (bicyclic) bond motifs is 2. The summed E-state index contributed by atoms with van der Waals surface area (Å²) in [6.07, 6.45) is -3.76. The van der Waals surface area contributed by atoms with E-state index in [1.165, 1.54) is 36.4 Å². The van der Waals surface area contributed by atoms with Gasteiger partial charge in [-0.25, -0.2) is 9.37 Å². The van der Waals surface area contributed by atoms with E-state index in [9.17, 15) is 22.8 Å². The predicted molar refractivity (Wildman–Crippen MR) is 119 cm³/mol. The molecule has 0 atom stereocenters. The van der Waals surface area contributed by atoms with Gasteiger partial charge in [0.05, 0.1) is 22.3 Å². The van der Waals surface area contributed by atoms with Gasteiger partial charge in [-0.15, -0.1) is 8.78 Å². The van der Waals surface area contributed by atoms with Crippen molar-refractivity contribution in [2.24, 2.45) is 0 Å². The Morgan fingerprint density at radius 2 is 1.76 bits per heavy atom. The smallest absolute Gasteiger partial charge is 0.395 e. The highest BCUT2D eigenvalue weighted by atomic mass is 32.2. The Morgan fingerprint density at radius 3 is 2.59 bits per heavy atom. The van der Waals surface area contributed by atoms with E-state index in [4.69, 9.17) is 0 Å². The van der Waals surface area contributed by atoms with E-state index in [0.29, 0.717) is 10.9 Å². The Morgan fingerprint density at radius 1 is 1.03 bits per heavy atom. The molecule has 1 aromatic heterocycles. The molecule has 0 radical (unpaired) electrons. The first kappa shape index (κ1) is 21.8. The summed E-state index contributed by atoms with van der Waals surface area (Å²) in [5, 5.41) is 2.98. The summed E-state index contributed by atoms with van der Waals surface area (Å²) in [7, 11) is 0. The summed E-state index contributed by atoms with van der Waals surface area (Å²) >= 11 is 0.929. The number of benzene rings is 3. The van der Waals surface area contributed by atoms with Crippen molar-refractivity contribution in [1.82, 2.24) is 9.55 Å². The van der Waals surface area contributed by atoms with Crippen LogP contribution < -0.4 is 20.3 Å². The number of para-hydroxylation sites is 2. The minimum absolute atomic E-state index is 0.00496. The zero-order valence-electron chi connectivity index (χ0n) is 17.1. The van der Waals surface area contributed by atoms with Gasteiger partial charge in [-0.2, -0.15) is 0 Å². The van der Waals surface area contributed by atoms with E-state index < -0.39 is 23.6 Å². The molecule has 172 valence electrons. The molecule has 0 saturated carbocycles. The largest absolute Gasteiger partial charge is 0.586 e. The Kier molecular flexibility index (Phi) is 5.40. The highest BCUT2D eigenvalue weighted by Gasteiger charge is 2.43. The van der Waals surface area contributed by atoms with Crippen molar-refractivity contribution >= 4 is 34.3 Å². The number of rotatable bonds is 5. The van der Waals surface area contributed by atoms with E-state index in [1.807, 2.05) is 0 Å². The van der Waals surface area contributed by atoms with Gasteiger partial charge in [0.15, 0.2) is 16.7 Å². The first-order valence-corrected chi connectivity index (χ1v) is 10.9. The van der Waals surface area contributed by atoms with Crippen molar-refractivity contribution < 1.29 is 27.4 Å². The van der Waals surface area contributed by atoms with Gasteiger partial charge in [0, 0.05) is 11.8 Å². The molecule has 4 aromatic rings. The third-order valence-electron chi connectivity index (χ3n) is 4.86. The summed E-state index contributed by atoms with van der Waals surface area (Å²) in [6, 6.07) is 16.2. The number of halogens is 3. The van der Waals surface area contributed by atoms with Crippen LogP contribution in [0, 0.1) is 5.82 Å². The third kappa shape index (κ3) is 4.17. The highest BCUT2D eigenvalue weighted by Crippen LogP contribution is 2.42. The van der Waals surface area contributed by atoms with Gasteiger partial charge in [-0.3, -0.25) is 14.2 Å². The molecule has 1 amide bonds. The second kappa shape index (κ2) is 8.41. The lowest BCUT2D eigenvalue weighted by Crippen LogP contribution is -2.25. The molecule has 0 bridgehead atoms. The fourth-order valence-electron chi connectivity index (χ4n) is 3.41. The maximum atomic E-state index is 14.5. The van der Waals surface area contributed by atoms with Crippen LogP contribution >= 0.6 is 11.8 Å². The van der Waals surface area contributed by atoms with E-state index >= 15 is 0 Å². The van der Waals surface area contributed by atoms with Crippen molar-refractivity contribution in [2.45, 2.75) is 11.5 Å². The van der Waals surface area contributed by atoms with Crippen molar-refractivity contribution in [3.63, 3.8) is 0 Å². The molecule has 0 saturated heterocycles. The monoisotopic (exact) mass is 485 g/mol. The van der Waals surface area contributed by atoms with Gasteiger partial charge < -0.3 is 14.8 Å². The van der Waals surface area contributed by atoms with Crippen molar-refractivity contribution in [2.75, 3.05) is 11.1 Å².